The van der Waals surface area contributed by atoms with E-state index in [1.54, 1.807) is 18.7 Å². The van der Waals surface area contributed by atoms with Crippen LogP contribution >= 0.6 is 11.8 Å². The molecule has 1 heterocycles. The highest BCUT2D eigenvalue weighted by molar-refractivity contribution is 7.99. The zero-order chi connectivity index (χ0) is 14.5. The maximum absolute atomic E-state index is 12.2. The van der Waals surface area contributed by atoms with E-state index in [0.29, 0.717) is 5.25 Å². The molecule has 1 rings (SSSR count). The van der Waals surface area contributed by atoms with E-state index in [-0.39, 0.29) is 12.5 Å². The van der Waals surface area contributed by atoms with Gasteiger partial charge in [0.2, 0.25) is 0 Å². The van der Waals surface area contributed by atoms with Crippen LogP contribution in [0.1, 0.15) is 39.5 Å². The highest BCUT2D eigenvalue weighted by Crippen LogP contribution is 2.21. The van der Waals surface area contributed by atoms with Gasteiger partial charge in [-0.15, -0.1) is 0 Å². The Hall–Kier alpha value is -0.910. The molecule has 0 aromatic carbocycles. The van der Waals surface area contributed by atoms with Gasteiger partial charge in [0, 0.05) is 23.9 Å². The van der Waals surface area contributed by atoms with Crippen molar-refractivity contribution in [1.82, 2.24) is 10.2 Å². The Morgan fingerprint density at radius 3 is 2.63 bits per heavy atom. The minimum Gasteiger partial charge on any atom is -0.481 e. The minimum absolute atomic E-state index is 0.0694. The zero-order valence-corrected chi connectivity index (χ0v) is 12.8. The smallest absolute Gasteiger partial charge is 0.317 e. The molecule has 0 saturated carbocycles. The summed E-state index contributed by atoms with van der Waals surface area (Å²) in [6.07, 6.45) is 5.20. The molecular weight excluding hydrogens is 264 g/mol. The molecule has 1 atom stereocenters. The summed E-state index contributed by atoms with van der Waals surface area (Å²) < 4.78 is 0. The van der Waals surface area contributed by atoms with Crippen molar-refractivity contribution in [2.75, 3.05) is 19.3 Å². The maximum atomic E-state index is 12.2. The van der Waals surface area contributed by atoms with Gasteiger partial charge in [-0.25, -0.2) is 4.79 Å². The molecule has 0 aliphatic carbocycles. The lowest BCUT2D eigenvalue weighted by atomic mass is 10.0. The third kappa shape index (κ3) is 5.72. The van der Waals surface area contributed by atoms with Crippen LogP contribution in [0.4, 0.5) is 4.79 Å². The molecule has 1 unspecified atom stereocenters. The summed E-state index contributed by atoms with van der Waals surface area (Å²) in [6.45, 7) is 4.98. The molecule has 1 fully saturated rings. The number of carbonyl (C=O) groups excluding carboxylic acids is 1. The molecular formula is C13H24N2O3S. The quantitative estimate of drug-likeness (QED) is 0.832. The van der Waals surface area contributed by atoms with Gasteiger partial charge >= 0.3 is 12.0 Å². The first-order valence-electron chi connectivity index (χ1n) is 6.66. The number of nitrogens with one attached hydrogen (secondary N) is 1. The van der Waals surface area contributed by atoms with Crippen LogP contribution in [-0.4, -0.2) is 52.1 Å². The molecule has 0 radical (unpaired) electrons. The summed E-state index contributed by atoms with van der Waals surface area (Å²) in [5, 5.41) is 12.3. The second kappa shape index (κ2) is 7.03. The molecule has 1 aliphatic heterocycles. The topological polar surface area (TPSA) is 69.6 Å². The van der Waals surface area contributed by atoms with E-state index in [1.807, 2.05) is 11.8 Å². The Labute approximate surface area is 119 Å². The van der Waals surface area contributed by atoms with Crippen molar-refractivity contribution in [2.24, 2.45) is 0 Å². The lowest BCUT2D eigenvalue weighted by Crippen LogP contribution is -2.51. The zero-order valence-electron chi connectivity index (χ0n) is 11.9. The SMILES string of the molecule is CSC1CCCN(C(=O)NC(C)(C)CC(=O)O)CC1. The average molecular weight is 288 g/mol. The molecule has 0 aromatic rings. The fraction of sp³-hybridized carbons (Fsp3) is 0.846. The number of rotatable bonds is 4. The van der Waals surface area contributed by atoms with Crippen LogP contribution in [0.15, 0.2) is 0 Å². The third-order valence-corrected chi connectivity index (χ3v) is 4.47. The van der Waals surface area contributed by atoms with Crippen molar-refractivity contribution in [1.29, 1.82) is 0 Å². The predicted octanol–water partition coefficient (Wildman–Crippen LogP) is 2.17. The van der Waals surface area contributed by atoms with Gasteiger partial charge in [-0.05, 0) is 39.4 Å². The van der Waals surface area contributed by atoms with Gasteiger partial charge in [-0.3, -0.25) is 4.79 Å². The summed E-state index contributed by atoms with van der Waals surface area (Å²) in [6, 6.07) is -0.145. The molecule has 0 bridgehead atoms. The molecule has 1 saturated heterocycles. The van der Waals surface area contributed by atoms with E-state index in [1.165, 1.54) is 0 Å². The number of carboxylic acid groups (broad SMARTS) is 1. The van der Waals surface area contributed by atoms with Crippen LogP contribution in [-0.2, 0) is 4.79 Å². The fourth-order valence-corrected chi connectivity index (χ4v) is 3.04. The number of urea groups is 1. The van der Waals surface area contributed by atoms with E-state index >= 15 is 0 Å². The number of carbonyl (C=O) groups is 2. The first kappa shape index (κ1) is 16.1. The number of amides is 2. The number of thioether (sulfide) groups is 1. The van der Waals surface area contributed by atoms with Crippen molar-refractivity contribution in [3.05, 3.63) is 0 Å². The predicted molar refractivity (Wildman–Crippen MR) is 77.6 cm³/mol. The summed E-state index contributed by atoms with van der Waals surface area (Å²) in [5.74, 6) is -0.899. The van der Waals surface area contributed by atoms with Gasteiger partial charge in [-0.1, -0.05) is 0 Å². The van der Waals surface area contributed by atoms with E-state index in [9.17, 15) is 9.59 Å². The Kier molecular flexibility index (Phi) is 5.97. The largest absolute Gasteiger partial charge is 0.481 e. The van der Waals surface area contributed by atoms with Crippen LogP contribution in [0.3, 0.4) is 0 Å². The summed E-state index contributed by atoms with van der Waals surface area (Å²) in [4.78, 5) is 24.7. The molecule has 2 N–H and O–H groups in total. The van der Waals surface area contributed by atoms with Crippen LogP contribution in [0, 0.1) is 0 Å². The standard InChI is InChI=1S/C13H24N2O3S/c1-13(2,9-11(16)17)14-12(18)15-7-4-5-10(19-3)6-8-15/h10H,4-9H2,1-3H3,(H,14,18)(H,16,17). The first-order chi connectivity index (χ1) is 8.84. The monoisotopic (exact) mass is 288 g/mol. The number of aliphatic carboxylic acids is 1. The highest BCUT2D eigenvalue weighted by Gasteiger charge is 2.27. The van der Waals surface area contributed by atoms with Gasteiger partial charge in [0.15, 0.2) is 0 Å². The van der Waals surface area contributed by atoms with Crippen LogP contribution in [0.25, 0.3) is 0 Å². The Bertz CT molecular complexity index is 334. The first-order valence-corrected chi connectivity index (χ1v) is 7.94. The van der Waals surface area contributed by atoms with Crippen LogP contribution in [0.2, 0.25) is 0 Å². The number of nitrogens with zero attached hydrogens (tertiary/aromatic N) is 1. The van der Waals surface area contributed by atoms with E-state index in [4.69, 9.17) is 5.11 Å². The number of hydrogen-bond donors (Lipinski definition) is 2. The minimum atomic E-state index is -0.899. The third-order valence-electron chi connectivity index (χ3n) is 3.33. The van der Waals surface area contributed by atoms with E-state index in [2.05, 4.69) is 11.6 Å². The normalized spacial score (nSPS) is 20.8. The maximum Gasteiger partial charge on any atom is 0.317 e. The fourth-order valence-electron chi connectivity index (χ4n) is 2.30. The van der Waals surface area contributed by atoms with Crippen molar-refractivity contribution < 1.29 is 14.7 Å². The molecule has 5 nitrogen and oxygen atoms in total. The second-order valence-corrected chi connectivity index (χ2v) is 6.80. The molecule has 2 amide bonds. The second-order valence-electron chi connectivity index (χ2n) is 5.66. The van der Waals surface area contributed by atoms with Crippen molar-refractivity contribution >= 4 is 23.8 Å². The Balaban J connectivity index is 2.51. The van der Waals surface area contributed by atoms with Crippen LogP contribution < -0.4 is 5.32 Å². The van der Waals surface area contributed by atoms with Gasteiger partial charge in [-0.2, -0.15) is 11.8 Å². The number of likely N-dealkylation sites (tertiary alicyclic amines) is 1. The van der Waals surface area contributed by atoms with Gasteiger partial charge in [0.25, 0.3) is 0 Å². The summed E-state index contributed by atoms with van der Waals surface area (Å²) in [5.41, 5.74) is -0.714. The lowest BCUT2D eigenvalue weighted by molar-refractivity contribution is -0.138. The Morgan fingerprint density at radius 2 is 2.05 bits per heavy atom. The number of carboxylic acids is 1. The lowest BCUT2D eigenvalue weighted by Gasteiger charge is -2.29. The van der Waals surface area contributed by atoms with Crippen molar-refractivity contribution in [2.45, 2.75) is 50.3 Å². The van der Waals surface area contributed by atoms with Crippen LogP contribution in [0.5, 0.6) is 0 Å². The highest BCUT2D eigenvalue weighted by atomic mass is 32.2. The number of hydrogen-bond acceptors (Lipinski definition) is 3. The van der Waals surface area contributed by atoms with E-state index in [0.717, 1.165) is 32.4 Å². The van der Waals surface area contributed by atoms with Gasteiger partial charge in [0.05, 0.1) is 6.42 Å². The molecule has 6 heteroatoms. The van der Waals surface area contributed by atoms with Crippen molar-refractivity contribution in [3.63, 3.8) is 0 Å². The van der Waals surface area contributed by atoms with Crippen molar-refractivity contribution in [3.8, 4) is 0 Å². The molecule has 110 valence electrons. The van der Waals surface area contributed by atoms with E-state index < -0.39 is 11.5 Å². The average Bonchev–Trinajstić information content (AvgIpc) is 2.51. The summed E-state index contributed by atoms with van der Waals surface area (Å²) in [7, 11) is 0. The van der Waals surface area contributed by atoms with Gasteiger partial charge in [0.1, 0.15) is 0 Å². The molecule has 1 aliphatic rings. The molecule has 0 spiro atoms. The summed E-state index contributed by atoms with van der Waals surface area (Å²) >= 11 is 1.86. The molecule has 19 heavy (non-hydrogen) atoms. The van der Waals surface area contributed by atoms with Gasteiger partial charge < -0.3 is 15.3 Å². The molecule has 0 aromatic heterocycles. The Morgan fingerprint density at radius 1 is 1.37 bits per heavy atom.